The van der Waals surface area contributed by atoms with Gasteiger partial charge in [-0.15, -0.1) is 0 Å². The maximum absolute atomic E-state index is 14.1. The zero-order chi connectivity index (χ0) is 26.5. The second-order valence-electron chi connectivity index (χ2n) is 9.32. The van der Waals surface area contributed by atoms with E-state index in [9.17, 15) is 14.7 Å². The molecule has 1 aliphatic rings. The van der Waals surface area contributed by atoms with Crippen molar-refractivity contribution >= 4 is 11.9 Å². The van der Waals surface area contributed by atoms with E-state index in [4.69, 9.17) is 9.47 Å². The summed E-state index contributed by atoms with van der Waals surface area (Å²) in [4.78, 5) is 28.0. The van der Waals surface area contributed by atoms with Crippen LogP contribution in [0.5, 0.6) is 11.5 Å². The molecule has 0 radical (unpaired) electrons. The molecule has 0 saturated carbocycles. The van der Waals surface area contributed by atoms with Crippen LogP contribution in [0, 0.1) is 0 Å². The van der Waals surface area contributed by atoms with Gasteiger partial charge >= 0.3 is 5.97 Å². The number of aliphatic carboxylic acids is 1. The van der Waals surface area contributed by atoms with Crippen molar-refractivity contribution in [1.82, 2.24) is 4.90 Å². The second kappa shape index (κ2) is 11.2. The molecule has 5 rings (SSSR count). The molecule has 1 aliphatic heterocycles. The Morgan fingerprint density at radius 2 is 1.39 bits per heavy atom. The van der Waals surface area contributed by atoms with Gasteiger partial charge in [-0.25, -0.2) is 4.79 Å². The molecule has 0 saturated heterocycles. The van der Waals surface area contributed by atoms with Crippen molar-refractivity contribution in [3.63, 3.8) is 0 Å². The molecule has 0 fully saturated rings. The van der Waals surface area contributed by atoms with Crippen LogP contribution in [-0.4, -0.2) is 35.0 Å². The van der Waals surface area contributed by atoms with Gasteiger partial charge in [0.2, 0.25) is 5.91 Å². The second-order valence-corrected chi connectivity index (χ2v) is 9.32. The van der Waals surface area contributed by atoms with Crippen molar-refractivity contribution in [2.24, 2.45) is 0 Å². The zero-order valence-corrected chi connectivity index (χ0v) is 21.1. The van der Waals surface area contributed by atoms with E-state index in [0.717, 1.165) is 27.8 Å². The molecular weight excluding hydrogens is 478 g/mol. The number of hydrogen-bond donors (Lipinski definition) is 1. The van der Waals surface area contributed by atoms with Gasteiger partial charge in [0.1, 0.15) is 12.6 Å². The highest BCUT2D eigenvalue weighted by Crippen LogP contribution is 2.37. The summed E-state index contributed by atoms with van der Waals surface area (Å²) < 4.78 is 11.7. The lowest BCUT2D eigenvalue weighted by Crippen LogP contribution is -2.50. The van der Waals surface area contributed by atoms with Crippen LogP contribution in [0.4, 0.5) is 0 Å². The van der Waals surface area contributed by atoms with Crippen LogP contribution in [0.25, 0.3) is 0 Å². The van der Waals surface area contributed by atoms with E-state index in [2.05, 4.69) is 0 Å². The summed E-state index contributed by atoms with van der Waals surface area (Å²) in [6, 6.07) is 31.5. The van der Waals surface area contributed by atoms with Gasteiger partial charge in [-0.2, -0.15) is 0 Å². The molecule has 1 atom stereocenters. The van der Waals surface area contributed by atoms with Crippen molar-refractivity contribution in [3.05, 3.63) is 131 Å². The van der Waals surface area contributed by atoms with Crippen molar-refractivity contribution < 1.29 is 24.2 Å². The summed E-state index contributed by atoms with van der Waals surface area (Å²) in [7, 11) is 1.57. The van der Waals surface area contributed by atoms with Crippen LogP contribution in [0.2, 0.25) is 0 Å². The number of carbonyl (C=O) groups is 2. The van der Waals surface area contributed by atoms with Crippen LogP contribution in [0.1, 0.15) is 33.7 Å². The molecule has 0 bridgehead atoms. The maximum atomic E-state index is 14.1. The van der Waals surface area contributed by atoms with Crippen molar-refractivity contribution in [3.8, 4) is 11.5 Å². The molecule has 192 valence electrons. The third kappa shape index (κ3) is 5.25. The maximum Gasteiger partial charge on any atom is 0.326 e. The van der Waals surface area contributed by atoms with Gasteiger partial charge in [0.05, 0.1) is 13.0 Å². The Bertz CT molecular complexity index is 1370. The molecule has 6 nitrogen and oxygen atoms in total. The molecule has 0 spiro atoms. The molecule has 4 aromatic rings. The number of hydrogen-bond acceptors (Lipinski definition) is 4. The standard InChI is InChI=1S/C32H29NO5/c1-37-28-19-26-20-33(31(34)30(23-13-7-3-8-14-23)24-15-9-4-10-16-24)27(32(35)36)17-25(26)18-29(28)38-21-22-11-5-2-6-12-22/h2-16,18-19,27,30H,17,20-21H2,1H3,(H,35,36)/t27-/m0/s1. The number of nitrogens with zero attached hydrogens (tertiary/aromatic N) is 1. The summed E-state index contributed by atoms with van der Waals surface area (Å²) in [6.45, 7) is 0.523. The number of ether oxygens (including phenoxy) is 2. The van der Waals surface area contributed by atoms with Gasteiger partial charge < -0.3 is 19.5 Å². The van der Waals surface area contributed by atoms with E-state index in [0.29, 0.717) is 18.1 Å². The number of carboxylic acids is 1. The van der Waals surface area contributed by atoms with E-state index >= 15 is 0 Å². The van der Waals surface area contributed by atoms with Gasteiger partial charge in [0, 0.05) is 13.0 Å². The molecule has 0 aromatic heterocycles. The molecule has 4 aromatic carbocycles. The number of carbonyl (C=O) groups excluding carboxylic acids is 1. The fourth-order valence-corrected chi connectivity index (χ4v) is 4.99. The molecule has 6 heteroatoms. The fourth-order valence-electron chi connectivity index (χ4n) is 4.99. The normalized spacial score (nSPS) is 14.6. The zero-order valence-electron chi connectivity index (χ0n) is 21.1. The Kier molecular flexibility index (Phi) is 7.40. The first-order valence-electron chi connectivity index (χ1n) is 12.5. The van der Waals surface area contributed by atoms with E-state index in [1.165, 1.54) is 4.90 Å². The Balaban J connectivity index is 1.48. The molecule has 1 amide bonds. The van der Waals surface area contributed by atoms with Gasteiger partial charge in [0.15, 0.2) is 11.5 Å². The summed E-state index contributed by atoms with van der Waals surface area (Å²) in [6.07, 6.45) is 0.179. The number of rotatable bonds is 8. The largest absolute Gasteiger partial charge is 0.493 e. The smallest absolute Gasteiger partial charge is 0.326 e. The average molecular weight is 508 g/mol. The van der Waals surface area contributed by atoms with Gasteiger partial charge in [-0.05, 0) is 39.9 Å². The highest BCUT2D eigenvalue weighted by molar-refractivity contribution is 5.91. The van der Waals surface area contributed by atoms with Crippen molar-refractivity contribution in [2.75, 3.05) is 7.11 Å². The monoisotopic (exact) mass is 507 g/mol. The molecule has 0 aliphatic carbocycles. The van der Waals surface area contributed by atoms with Gasteiger partial charge in [0.25, 0.3) is 0 Å². The van der Waals surface area contributed by atoms with E-state index < -0.39 is 17.9 Å². The van der Waals surface area contributed by atoms with E-state index in [-0.39, 0.29) is 18.9 Å². The molecule has 0 unspecified atom stereocenters. The highest BCUT2D eigenvalue weighted by atomic mass is 16.5. The lowest BCUT2D eigenvalue weighted by atomic mass is 9.87. The minimum atomic E-state index is -1.04. The number of amides is 1. The quantitative estimate of drug-likeness (QED) is 0.344. The molecular formula is C32H29NO5. The first-order valence-corrected chi connectivity index (χ1v) is 12.5. The number of carboxylic acid groups (broad SMARTS) is 1. The summed E-state index contributed by atoms with van der Waals surface area (Å²) in [5.74, 6) is -0.805. The Morgan fingerprint density at radius 1 is 0.842 bits per heavy atom. The lowest BCUT2D eigenvalue weighted by molar-refractivity contribution is -0.151. The Labute approximate surface area is 222 Å². The van der Waals surface area contributed by atoms with Crippen LogP contribution in [0.3, 0.4) is 0 Å². The molecule has 38 heavy (non-hydrogen) atoms. The van der Waals surface area contributed by atoms with Crippen molar-refractivity contribution in [2.45, 2.75) is 31.5 Å². The van der Waals surface area contributed by atoms with Gasteiger partial charge in [-0.1, -0.05) is 91.0 Å². The Morgan fingerprint density at radius 3 is 1.95 bits per heavy atom. The fraction of sp³-hybridized carbons (Fsp3) is 0.188. The van der Waals surface area contributed by atoms with Crippen LogP contribution < -0.4 is 9.47 Å². The first kappa shape index (κ1) is 25.1. The predicted octanol–water partition coefficient (Wildman–Crippen LogP) is 5.44. The first-order chi connectivity index (χ1) is 18.5. The number of fused-ring (bicyclic) bond motifs is 1. The summed E-state index contributed by atoms with van der Waals surface area (Å²) >= 11 is 0. The average Bonchev–Trinajstić information content (AvgIpc) is 2.96. The van der Waals surface area contributed by atoms with Crippen LogP contribution >= 0.6 is 0 Å². The topological polar surface area (TPSA) is 76.1 Å². The van der Waals surface area contributed by atoms with Crippen LogP contribution in [0.15, 0.2) is 103 Å². The minimum Gasteiger partial charge on any atom is -0.493 e. The number of methoxy groups -OCH3 is 1. The summed E-state index contributed by atoms with van der Waals surface area (Å²) in [5, 5.41) is 10.2. The minimum absolute atomic E-state index is 0.163. The lowest BCUT2D eigenvalue weighted by Gasteiger charge is -2.37. The Hall–Kier alpha value is -4.58. The van der Waals surface area contributed by atoms with Crippen molar-refractivity contribution in [1.29, 1.82) is 0 Å². The SMILES string of the molecule is COc1cc2c(cc1OCc1ccccc1)C[C@@H](C(=O)O)N(C(=O)C(c1ccccc1)c1ccccc1)C2. The van der Waals surface area contributed by atoms with Crippen LogP contribution in [-0.2, 0) is 29.2 Å². The number of benzene rings is 4. The molecule has 1 heterocycles. The van der Waals surface area contributed by atoms with E-state index in [1.54, 1.807) is 7.11 Å². The van der Waals surface area contributed by atoms with E-state index in [1.807, 2.05) is 103 Å². The van der Waals surface area contributed by atoms with Gasteiger partial charge in [-0.3, -0.25) is 4.79 Å². The third-order valence-electron chi connectivity index (χ3n) is 6.93. The highest BCUT2D eigenvalue weighted by Gasteiger charge is 2.39. The molecule has 1 N–H and O–H groups in total. The summed E-state index contributed by atoms with van der Waals surface area (Å²) in [5.41, 5.74) is 4.34. The third-order valence-corrected chi connectivity index (χ3v) is 6.93. The predicted molar refractivity (Wildman–Crippen MR) is 144 cm³/mol.